The van der Waals surface area contributed by atoms with Gasteiger partial charge in [0.1, 0.15) is 5.69 Å². The summed E-state index contributed by atoms with van der Waals surface area (Å²) in [5, 5.41) is 3.59. The molecule has 3 aromatic heterocycles. The lowest BCUT2D eigenvalue weighted by atomic mass is 10.1. The van der Waals surface area contributed by atoms with Crippen LogP contribution in [0, 0.1) is 0 Å². The molecule has 5 nitrogen and oxygen atoms in total. The number of rotatable bonds is 6. The number of anilines is 2. The fraction of sp³-hybridized carbons (Fsp3) is 0.269. The van der Waals surface area contributed by atoms with Gasteiger partial charge in [0.05, 0.1) is 28.2 Å². The van der Waals surface area contributed by atoms with Crippen LogP contribution in [0.15, 0.2) is 60.8 Å². The maximum Gasteiger partial charge on any atom is 0.418 e. The molecule has 4 aromatic rings. The summed E-state index contributed by atoms with van der Waals surface area (Å²) in [6, 6.07) is 11.6. The first-order valence-corrected chi connectivity index (χ1v) is 11.3. The number of benzene rings is 1. The monoisotopic (exact) mass is 519 g/mol. The Labute approximate surface area is 209 Å². The van der Waals surface area contributed by atoms with Crippen LogP contribution >= 0.6 is 0 Å². The molecule has 37 heavy (non-hydrogen) atoms. The minimum absolute atomic E-state index is 0.00256. The van der Waals surface area contributed by atoms with E-state index in [1.807, 2.05) is 25.8 Å². The standard InChI is InChI=1S/C26H23F6N5/c1-15(2)37(3)14-18-13-22(34-17-8-6-16(7-9-17)25(27,28)29)19-10-11-21(36-24(19)35-18)23-20(26(30,31)32)5-4-12-33-23/h4-13,15H,14H2,1-3H3,(H,34,35,36). The molecule has 0 amide bonds. The molecular weight excluding hydrogens is 496 g/mol. The van der Waals surface area contributed by atoms with Gasteiger partial charge in [-0.15, -0.1) is 0 Å². The van der Waals surface area contributed by atoms with E-state index >= 15 is 0 Å². The maximum atomic E-state index is 13.6. The van der Waals surface area contributed by atoms with Gasteiger partial charge in [-0.25, -0.2) is 9.97 Å². The molecule has 0 spiro atoms. The van der Waals surface area contributed by atoms with E-state index in [1.165, 1.54) is 30.5 Å². The summed E-state index contributed by atoms with van der Waals surface area (Å²) >= 11 is 0. The molecule has 11 heteroatoms. The van der Waals surface area contributed by atoms with Gasteiger partial charge in [0.15, 0.2) is 5.65 Å². The van der Waals surface area contributed by atoms with Gasteiger partial charge in [-0.3, -0.25) is 9.88 Å². The van der Waals surface area contributed by atoms with E-state index in [-0.39, 0.29) is 23.1 Å². The second-order valence-electron chi connectivity index (χ2n) is 8.84. The van der Waals surface area contributed by atoms with E-state index in [0.717, 1.165) is 18.2 Å². The van der Waals surface area contributed by atoms with E-state index in [0.29, 0.717) is 29.0 Å². The maximum absolute atomic E-state index is 13.6. The lowest BCUT2D eigenvalue weighted by Crippen LogP contribution is -2.26. The Morgan fingerprint density at radius 2 is 1.59 bits per heavy atom. The predicted octanol–water partition coefficient (Wildman–Crippen LogP) is 7.31. The molecule has 0 fully saturated rings. The fourth-order valence-electron chi connectivity index (χ4n) is 3.65. The van der Waals surface area contributed by atoms with E-state index in [4.69, 9.17) is 0 Å². The van der Waals surface area contributed by atoms with Crippen molar-refractivity contribution in [1.29, 1.82) is 0 Å². The quantitative estimate of drug-likeness (QED) is 0.271. The average molecular weight is 519 g/mol. The highest BCUT2D eigenvalue weighted by atomic mass is 19.4. The Morgan fingerprint density at radius 3 is 2.22 bits per heavy atom. The van der Waals surface area contributed by atoms with Crippen LogP contribution in [0.25, 0.3) is 22.4 Å². The van der Waals surface area contributed by atoms with Gasteiger partial charge >= 0.3 is 12.4 Å². The predicted molar refractivity (Wildman–Crippen MR) is 129 cm³/mol. The van der Waals surface area contributed by atoms with Crippen LogP contribution in [0.1, 0.15) is 30.7 Å². The molecular formula is C26H23F6N5. The lowest BCUT2D eigenvalue weighted by Gasteiger charge is -2.21. The first kappa shape index (κ1) is 26.3. The number of aromatic nitrogens is 3. The number of nitrogens with one attached hydrogen (secondary N) is 1. The van der Waals surface area contributed by atoms with Gasteiger partial charge in [0.2, 0.25) is 0 Å². The smallest absolute Gasteiger partial charge is 0.355 e. The molecule has 0 atom stereocenters. The normalized spacial score (nSPS) is 12.5. The van der Waals surface area contributed by atoms with Crippen LogP contribution in [-0.2, 0) is 18.9 Å². The van der Waals surface area contributed by atoms with Crippen molar-refractivity contribution in [3.63, 3.8) is 0 Å². The van der Waals surface area contributed by atoms with Crippen LogP contribution in [-0.4, -0.2) is 32.9 Å². The second-order valence-corrected chi connectivity index (χ2v) is 8.84. The van der Waals surface area contributed by atoms with Crippen molar-refractivity contribution >= 4 is 22.4 Å². The van der Waals surface area contributed by atoms with Gasteiger partial charge in [0, 0.05) is 29.9 Å². The molecule has 0 radical (unpaired) electrons. The number of fused-ring (bicyclic) bond motifs is 1. The molecule has 0 unspecified atom stereocenters. The summed E-state index contributed by atoms with van der Waals surface area (Å²) in [7, 11) is 1.90. The van der Waals surface area contributed by atoms with E-state index < -0.39 is 23.5 Å². The summed E-state index contributed by atoms with van der Waals surface area (Å²) in [4.78, 5) is 14.9. The molecule has 1 aromatic carbocycles. The van der Waals surface area contributed by atoms with Crippen molar-refractivity contribution in [1.82, 2.24) is 19.9 Å². The number of halogens is 6. The molecule has 0 saturated carbocycles. The minimum atomic E-state index is -4.62. The molecule has 3 heterocycles. The zero-order valence-electron chi connectivity index (χ0n) is 20.1. The fourth-order valence-corrected chi connectivity index (χ4v) is 3.65. The highest BCUT2D eigenvalue weighted by molar-refractivity contribution is 5.92. The summed E-state index contributed by atoms with van der Waals surface area (Å²) in [6.07, 6.45) is -7.82. The molecule has 0 aliphatic carbocycles. The van der Waals surface area contributed by atoms with Crippen molar-refractivity contribution in [3.8, 4) is 11.4 Å². The van der Waals surface area contributed by atoms with E-state index in [1.54, 1.807) is 12.1 Å². The van der Waals surface area contributed by atoms with Gasteiger partial charge in [-0.1, -0.05) is 0 Å². The molecule has 1 N–H and O–H groups in total. The Balaban J connectivity index is 1.81. The van der Waals surface area contributed by atoms with Crippen molar-refractivity contribution in [2.24, 2.45) is 0 Å². The molecule has 0 bridgehead atoms. The van der Waals surface area contributed by atoms with E-state index in [2.05, 4.69) is 20.3 Å². The van der Waals surface area contributed by atoms with Crippen LogP contribution in [0.2, 0.25) is 0 Å². The van der Waals surface area contributed by atoms with Crippen molar-refractivity contribution in [2.75, 3.05) is 12.4 Å². The third kappa shape index (κ3) is 5.99. The van der Waals surface area contributed by atoms with Crippen LogP contribution in [0.3, 0.4) is 0 Å². The zero-order chi connectivity index (χ0) is 27.0. The minimum Gasteiger partial charge on any atom is -0.355 e. The van der Waals surface area contributed by atoms with Crippen molar-refractivity contribution < 1.29 is 26.3 Å². The first-order chi connectivity index (χ1) is 17.3. The highest BCUT2D eigenvalue weighted by Gasteiger charge is 2.34. The second kappa shape index (κ2) is 9.97. The molecule has 0 aliphatic heterocycles. The number of hydrogen-bond donors (Lipinski definition) is 1. The largest absolute Gasteiger partial charge is 0.418 e. The van der Waals surface area contributed by atoms with Crippen molar-refractivity contribution in [3.05, 3.63) is 77.6 Å². The summed E-state index contributed by atoms with van der Waals surface area (Å²) < 4.78 is 79.6. The number of pyridine rings is 3. The summed E-state index contributed by atoms with van der Waals surface area (Å²) in [6.45, 7) is 4.41. The number of alkyl halides is 6. The van der Waals surface area contributed by atoms with Crippen molar-refractivity contribution in [2.45, 2.75) is 38.8 Å². The third-order valence-electron chi connectivity index (χ3n) is 5.87. The molecule has 4 rings (SSSR count). The summed E-state index contributed by atoms with van der Waals surface area (Å²) in [5.41, 5.74) is -0.340. The number of hydrogen-bond acceptors (Lipinski definition) is 5. The van der Waals surface area contributed by atoms with Crippen LogP contribution in [0.5, 0.6) is 0 Å². The van der Waals surface area contributed by atoms with Gasteiger partial charge in [-0.05, 0) is 75.5 Å². The lowest BCUT2D eigenvalue weighted by molar-refractivity contribution is -0.138. The SMILES string of the molecule is CC(C)N(C)Cc1cc(Nc2ccc(C(F)(F)F)cc2)c2ccc(-c3ncccc3C(F)(F)F)nc2n1. The Morgan fingerprint density at radius 1 is 0.892 bits per heavy atom. The van der Waals surface area contributed by atoms with Gasteiger partial charge in [-0.2, -0.15) is 26.3 Å². The highest BCUT2D eigenvalue weighted by Crippen LogP contribution is 2.36. The van der Waals surface area contributed by atoms with Crippen LogP contribution < -0.4 is 5.32 Å². The molecule has 194 valence electrons. The Hall–Kier alpha value is -3.73. The van der Waals surface area contributed by atoms with Gasteiger partial charge < -0.3 is 5.32 Å². The zero-order valence-corrected chi connectivity index (χ0v) is 20.1. The number of nitrogens with zero attached hydrogens (tertiary/aromatic N) is 4. The Kier molecular flexibility index (Phi) is 7.09. The third-order valence-corrected chi connectivity index (χ3v) is 5.87. The van der Waals surface area contributed by atoms with Crippen LogP contribution in [0.4, 0.5) is 37.7 Å². The van der Waals surface area contributed by atoms with E-state index in [9.17, 15) is 26.3 Å². The first-order valence-electron chi connectivity index (χ1n) is 11.3. The Bertz CT molecular complexity index is 1400. The topological polar surface area (TPSA) is 53.9 Å². The molecule has 0 saturated heterocycles. The average Bonchev–Trinajstić information content (AvgIpc) is 2.83. The summed E-state index contributed by atoms with van der Waals surface area (Å²) in [5.74, 6) is 0. The molecule has 0 aliphatic rings. The van der Waals surface area contributed by atoms with Gasteiger partial charge in [0.25, 0.3) is 0 Å².